The summed E-state index contributed by atoms with van der Waals surface area (Å²) in [7, 11) is 0. The van der Waals surface area contributed by atoms with Crippen LogP contribution in [-0.4, -0.2) is 63.8 Å². The van der Waals surface area contributed by atoms with Crippen molar-refractivity contribution in [1.29, 1.82) is 5.53 Å². The van der Waals surface area contributed by atoms with Gasteiger partial charge in [-0.1, -0.05) is 0 Å². The average molecular weight is 141 g/mol. The van der Waals surface area contributed by atoms with Crippen LogP contribution in [-0.2, 0) is 0 Å². The molecule has 6 heteroatoms. The zero-order valence-corrected chi connectivity index (χ0v) is 4.24. The Bertz CT molecular complexity index is 114. The quantitative estimate of drug-likeness (QED) is 0.201. The van der Waals surface area contributed by atoms with Gasteiger partial charge in [0.1, 0.15) is 19.2 Å². The van der Waals surface area contributed by atoms with E-state index < -0.39 is 6.10 Å². The summed E-state index contributed by atoms with van der Waals surface area (Å²) in [5.41, 5.74) is 6.42. The second kappa shape index (κ2) is 3.36. The molecule has 0 atom stereocenters. The molecule has 1 rings (SSSR count). The van der Waals surface area contributed by atoms with Crippen LogP contribution in [0.5, 0.6) is 0 Å². The summed E-state index contributed by atoms with van der Waals surface area (Å²) < 4.78 is 0. The van der Waals surface area contributed by atoms with Gasteiger partial charge in [-0.05, 0) is 5.53 Å². The van der Waals surface area contributed by atoms with Gasteiger partial charge in [-0.25, -0.2) is 0 Å². The van der Waals surface area contributed by atoms with Crippen molar-refractivity contribution in [2.75, 3.05) is 13.1 Å². The normalized spacial score (nSPS) is 18.1. The van der Waals surface area contributed by atoms with Crippen LogP contribution in [0.25, 0.3) is 0 Å². The molecule has 2 N–H and O–H groups in total. The minimum absolute atomic E-state index is 0. The predicted molar refractivity (Wildman–Crippen MR) is 31.1 cm³/mol. The zero-order valence-electron chi connectivity index (χ0n) is 4.24. The van der Waals surface area contributed by atoms with E-state index in [9.17, 15) is 5.21 Å². The van der Waals surface area contributed by atoms with Crippen LogP contribution in [0.4, 0.5) is 0 Å². The molecule has 0 bridgehead atoms. The van der Waals surface area contributed by atoms with Crippen molar-refractivity contribution in [1.82, 2.24) is 5.01 Å². The molecule has 9 heavy (non-hydrogen) atoms. The van der Waals surface area contributed by atoms with Crippen molar-refractivity contribution >= 4 is 29.6 Å². The van der Waals surface area contributed by atoms with Crippen LogP contribution >= 0.6 is 0 Å². The number of aliphatic hydroxyl groups is 1. The molecule has 1 aliphatic rings. The van der Waals surface area contributed by atoms with Gasteiger partial charge >= 0.3 is 29.6 Å². The zero-order chi connectivity index (χ0) is 6.15. The molecular formula is C3H8N3NaO2. The third-order valence-corrected chi connectivity index (χ3v) is 1.10. The Hall–Kier alpha value is 0.160. The summed E-state index contributed by atoms with van der Waals surface area (Å²) in [4.78, 5) is -0.00722. The summed E-state index contributed by atoms with van der Waals surface area (Å²) in [5, 5.41) is 19.7. The predicted octanol–water partition coefficient (Wildman–Crippen LogP) is -1.53. The number of hydrogen-bond donors (Lipinski definition) is 2. The molecule has 0 aromatic heterocycles. The van der Waals surface area contributed by atoms with Crippen LogP contribution in [0, 0.1) is 10.7 Å². The van der Waals surface area contributed by atoms with E-state index in [1.54, 1.807) is 0 Å². The van der Waals surface area contributed by atoms with Gasteiger partial charge in [0.15, 0.2) is 0 Å². The number of hydrogen-bond acceptors (Lipinski definition) is 3. The van der Waals surface area contributed by atoms with Crippen LogP contribution in [0.1, 0.15) is 0 Å². The molecule has 0 aliphatic carbocycles. The number of β-amino-alcohol motifs (C(OH)–C–C–N with tert-alkyl or cyclic N) is 1. The van der Waals surface area contributed by atoms with Gasteiger partial charge in [-0.15, -0.1) is 5.01 Å². The van der Waals surface area contributed by atoms with Crippen molar-refractivity contribution in [2.24, 2.45) is 0 Å². The summed E-state index contributed by atoms with van der Waals surface area (Å²) in [6.07, 6.45) is -0.406. The standard InChI is InChI=1S/C3H7N3O2.Na.H/c4-6(8)5-1-3(7)2-5;;/h3-4,7H,1-2H2;;. The molecule has 0 unspecified atom stereocenters. The van der Waals surface area contributed by atoms with Gasteiger partial charge in [-0.3, -0.25) is 0 Å². The van der Waals surface area contributed by atoms with Gasteiger partial charge < -0.3 is 10.3 Å². The molecule has 0 spiro atoms. The van der Waals surface area contributed by atoms with Crippen molar-refractivity contribution in [3.8, 4) is 0 Å². The molecule has 0 aromatic carbocycles. The van der Waals surface area contributed by atoms with E-state index in [1.807, 2.05) is 0 Å². The number of nitrogens with one attached hydrogen (secondary N) is 1. The summed E-state index contributed by atoms with van der Waals surface area (Å²) in [5.74, 6) is 0. The van der Waals surface area contributed by atoms with E-state index in [0.717, 1.165) is 0 Å². The van der Waals surface area contributed by atoms with E-state index >= 15 is 0 Å². The van der Waals surface area contributed by atoms with Crippen molar-refractivity contribution < 1.29 is 10.1 Å². The Balaban J connectivity index is 0.000000640. The molecule has 1 aliphatic heterocycles. The minimum atomic E-state index is -0.406. The maximum absolute atomic E-state index is 9.97. The van der Waals surface area contributed by atoms with E-state index in [2.05, 4.69) is 0 Å². The van der Waals surface area contributed by atoms with Crippen LogP contribution in [0.3, 0.4) is 0 Å². The van der Waals surface area contributed by atoms with Crippen molar-refractivity contribution in [2.45, 2.75) is 6.10 Å². The molecule has 1 heterocycles. The molecular weight excluding hydrogens is 133 g/mol. The molecule has 0 radical (unpaired) electrons. The van der Waals surface area contributed by atoms with Gasteiger partial charge in [-0.2, -0.15) is 0 Å². The Labute approximate surface area is 74.6 Å². The Morgan fingerprint density at radius 3 is 2.22 bits per heavy atom. The summed E-state index contributed by atoms with van der Waals surface area (Å²) >= 11 is 0. The Morgan fingerprint density at radius 2 is 2.11 bits per heavy atom. The van der Waals surface area contributed by atoms with Gasteiger partial charge in [0.2, 0.25) is 0 Å². The third kappa shape index (κ3) is 2.09. The third-order valence-electron chi connectivity index (χ3n) is 1.10. The molecule has 0 saturated carbocycles. The molecule has 0 aromatic rings. The first kappa shape index (κ1) is 9.16. The number of aliphatic hydroxyl groups excluding tert-OH is 1. The molecule has 0 amide bonds. The molecule has 1 fully saturated rings. The van der Waals surface area contributed by atoms with Crippen LogP contribution in [0.15, 0.2) is 0 Å². The second-order valence-corrected chi connectivity index (χ2v) is 1.80. The van der Waals surface area contributed by atoms with E-state index in [0.29, 0.717) is 13.1 Å². The first-order chi connectivity index (χ1) is 3.70. The second-order valence-electron chi connectivity index (χ2n) is 1.80. The van der Waals surface area contributed by atoms with Crippen LogP contribution < -0.4 is 0 Å². The topological polar surface area (TPSA) is 73.4 Å². The van der Waals surface area contributed by atoms with Gasteiger partial charge in [0.05, 0.1) is 0 Å². The maximum atomic E-state index is 9.97. The Morgan fingerprint density at radius 1 is 1.67 bits per heavy atom. The first-order valence-electron chi connectivity index (χ1n) is 2.31. The summed E-state index contributed by atoms with van der Waals surface area (Å²) in [6, 6.07) is 0. The fraction of sp³-hybridized carbons (Fsp3) is 1.00. The first-order valence-corrected chi connectivity index (χ1v) is 2.31. The molecule has 48 valence electrons. The Kier molecular flexibility index (Phi) is 3.42. The van der Waals surface area contributed by atoms with Crippen molar-refractivity contribution in [3.63, 3.8) is 0 Å². The number of nitrogens with zero attached hydrogens (tertiary/aromatic N) is 2. The fourth-order valence-electron chi connectivity index (χ4n) is 0.581. The van der Waals surface area contributed by atoms with Crippen molar-refractivity contribution in [3.05, 3.63) is 5.21 Å². The fourth-order valence-corrected chi connectivity index (χ4v) is 0.581. The number of hydrazine groups is 1. The summed E-state index contributed by atoms with van der Waals surface area (Å²) in [6.45, 7) is 0.597. The van der Waals surface area contributed by atoms with Gasteiger partial charge in [0, 0.05) is 4.97 Å². The van der Waals surface area contributed by atoms with E-state index in [-0.39, 0.29) is 34.5 Å². The SMILES string of the molecule is N=[N+]([O-])N1CC(O)C1.[NaH]. The number of rotatable bonds is 1. The van der Waals surface area contributed by atoms with Crippen LogP contribution in [0.2, 0.25) is 0 Å². The molecule has 1 saturated heterocycles. The monoisotopic (exact) mass is 141 g/mol. The average Bonchev–Trinajstić information content (AvgIpc) is 1.57. The van der Waals surface area contributed by atoms with Gasteiger partial charge in [0.25, 0.3) is 0 Å². The molecule has 5 nitrogen and oxygen atoms in total. The van der Waals surface area contributed by atoms with E-state index in [4.69, 9.17) is 10.6 Å². The van der Waals surface area contributed by atoms with E-state index in [1.165, 1.54) is 5.01 Å².